The van der Waals surface area contributed by atoms with Gasteiger partial charge < -0.3 is 9.47 Å². The van der Waals surface area contributed by atoms with E-state index in [4.69, 9.17) is 28.1 Å². The maximum Gasteiger partial charge on any atom is 0.270 e. The van der Waals surface area contributed by atoms with Gasteiger partial charge in [0.15, 0.2) is 16.6 Å². The molecule has 0 atom stereocenters. The molecule has 1 heterocycles. The van der Waals surface area contributed by atoms with Gasteiger partial charge in [0.05, 0.1) is 12.3 Å². The van der Waals surface area contributed by atoms with Gasteiger partial charge in [-0.05, 0) is 73.5 Å². The first-order valence-electron chi connectivity index (χ1n) is 10.9. The van der Waals surface area contributed by atoms with Gasteiger partial charge in [0.1, 0.15) is 12.2 Å². The number of anilines is 1. The van der Waals surface area contributed by atoms with E-state index in [0.717, 1.165) is 17.5 Å². The van der Waals surface area contributed by atoms with E-state index < -0.39 is 11.8 Å². The first kappa shape index (κ1) is 24.7. The standard InChI is InChI=1S/C27H26N2O4S/c1-5-9-20-15-19(17-23(32-8-4)24(20)33-14-6-2)16-22-25(30)28-27(34)29(26(22)31)21-12-10-18(7-3)11-13-21/h2,5,10-13,15-17H,1,7-9,14H2,3-4H3,(H,28,30,34). The van der Waals surface area contributed by atoms with E-state index >= 15 is 0 Å². The minimum absolute atomic E-state index is 0.0387. The molecular formula is C27H26N2O4S. The van der Waals surface area contributed by atoms with Crippen LogP contribution in [-0.4, -0.2) is 30.1 Å². The number of terminal acetylenes is 1. The van der Waals surface area contributed by atoms with Crippen LogP contribution in [-0.2, 0) is 22.4 Å². The fraction of sp³-hybridized carbons (Fsp3) is 0.222. The number of rotatable bonds is 9. The van der Waals surface area contributed by atoms with Crippen LogP contribution in [0.1, 0.15) is 30.5 Å². The summed E-state index contributed by atoms with van der Waals surface area (Å²) in [6.07, 6.45) is 9.96. The van der Waals surface area contributed by atoms with Crippen LogP contribution >= 0.6 is 12.2 Å². The maximum atomic E-state index is 13.4. The molecule has 1 fully saturated rings. The Morgan fingerprint density at radius 3 is 2.53 bits per heavy atom. The molecule has 1 aliphatic heterocycles. The van der Waals surface area contributed by atoms with Crippen molar-refractivity contribution in [1.29, 1.82) is 0 Å². The molecule has 0 aromatic heterocycles. The van der Waals surface area contributed by atoms with E-state index in [1.807, 2.05) is 44.2 Å². The molecule has 6 nitrogen and oxygen atoms in total. The van der Waals surface area contributed by atoms with Crippen molar-refractivity contribution in [1.82, 2.24) is 5.32 Å². The smallest absolute Gasteiger partial charge is 0.270 e. The number of ether oxygens (including phenoxy) is 2. The molecule has 0 bridgehead atoms. The molecule has 0 spiro atoms. The first-order valence-corrected chi connectivity index (χ1v) is 11.3. The van der Waals surface area contributed by atoms with Crippen molar-refractivity contribution in [2.45, 2.75) is 26.7 Å². The number of thiocarbonyl (C=S) groups is 1. The highest BCUT2D eigenvalue weighted by Gasteiger charge is 2.34. The summed E-state index contributed by atoms with van der Waals surface area (Å²) < 4.78 is 11.5. The SMILES string of the molecule is C#CCOc1c(CC=C)cc(C=C2C(=O)NC(=S)N(c3ccc(CC)cc3)C2=O)cc1OCC. The van der Waals surface area contributed by atoms with Gasteiger partial charge >= 0.3 is 0 Å². The number of hydrogen-bond donors (Lipinski definition) is 1. The summed E-state index contributed by atoms with van der Waals surface area (Å²) >= 11 is 5.29. The molecule has 1 N–H and O–H groups in total. The Morgan fingerprint density at radius 1 is 1.18 bits per heavy atom. The van der Waals surface area contributed by atoms with Gasteiger partial charge in [-0.2, -0.15) is 0 Å². The normalized spacial score (nSPS) is 14.6. The van der Waals surface area contributed by atoms with Gasteiger partial charge in [0.25, 0.3) is 11.8 Å². The third-order valence-electron chi connectivity index (χ3n) is 5.13. The zero-order valence-corrected chi connectivity index (χ0v) is 20.0. The minimum Gasteiger partial charge on any atom is -0.490 e. The predicted molar refractivity (Wildman–Crippen MR) is 138 cm³/mol. The lowest BCUT2D eigenvalue weighted by molar-refractivity contribution is -0.122. The third-order valence-corrected chi connectivity index (χ3v) is 5.42. The highest BCUT2D eigenvalue weighted by atomic mass is 32.1. The number of hydrogen-bond acceptors (Lipinski definition) is 5. The molecule has 2 aromatic carbocycles. The molecule has 174 valence electrons. The van der Waals surface area contributed by atoms with E-state index in [1.165, 1.54) is 11.0 Å². The molecule has 1 aliphatic rings. The molecule has 1 saturated heterocycles. The topological polar surface area (TPSA) is 67.9 Å². The van der Waals surface area contributed by atoms with Crippen LogP contribution in [0.4, 0.5) is 5.69 Å². The van der Waals surface area contributed by atoms with Crippen molar-refractivity contribution in [3.8, 4) is 23.8 Å². The van der Waals surface area contributed by atoms with Crippen LogP contribution in [0.5, 0.6) is 11.5 Å². The summed E-state index contributed by atoms with van der Waals surface area (Å²) in [4.78, 5) is 27.4. The molecule has 2 amide bonds. The van der Waals surface area contributed by atoms with Crippen molar-refractivity contribution in [2.75, 3.05) is 18.1 Å². The Hall–Kier alpha value is -3.89. The number of aryl methyl sites for hydroxylation is 1. The van der Waals surface area contributed by atoms with Gasteiger partial charge in [-0.25, -0.2) is 0 Å². The zero-order valence-electron chi connectivity index (χ0n) is 19.2. The van der Waals surface area contributed by atoms with Crippen LogP contribution in [0.15, 0.2) is 54.6 Å². The fourth-order valence-corrected chi connectivity index (χ4v) is 3.83. The predicted octanol–water partition coefficient (Wildman–Crippen LogP) is 4.22. The lowest BCUT2D eigenvalue weighted by Gasteiger charge is -2.29. The van der Waals surface area contributed by atoms with Crippen LogP contribution in [0, 0.1) is 12.3 Å². The highest BCUT2D eigenvalue weighted by molar-refractivity contribution is 7.80. The average Bonchev–Trinajstić information content (AvgIpc) is 2.82. The summed E-state index contributed by atoms with van der Waals surface area (Å²) in [6.45, 7) is 8.17. The second-order valence-corrected chi connectivity index (χ2v) is 7.79. The molecule has 0 radical (unpaired) electrons. The van der Waals surface area contributed by atoms with E-state index in [-0.39, 0.29) is 17.3 Å². The number of carbonyl (C=O) groups excluding carboxylic acids is 2. The lowest BCUT2D eigenvalue weighted by Crippen LogP contribution is -2.54. The Labute approximate surface area is 205 Å². The average molecular weight is 475 g/mol. The van der Waals surface area contributed by atoms with E-state index in [1.54, 1.807) is 12.1 Å². The Bertz CT molecular complexity index is 1190. The minimum atomic E-state index is -0.563. The van der Waals surface area contributed by atoms with Crippen LogP contribution in [0.2, 0.25) is 0 Å². The van der Waals surface area contributed by atoms with Crippen LogP contribution in [0.3, 0.4) is 0 Å². The highest BCUT2D eigenvalue weighted by Crippen LogP contribution is 2.35. The molecule has 0 saturated carbocycles. The zero-order chi connectivity index (χ0) is 24.7. The van der Waals surface area contributed by atoms with Gasteiger partial charge in [-0.1, -0.05) is 31.1 Å². The quantitative estimate of drug-likeness (QED) is 0.194. The number of benzene rings is 2. The van der Waals surface area contributed by atoms with Crippen molar-refractivity contribution < 1.29 is 19.1 Å². The Morgan fingerprint density at radius 2 is 1.91 bits per heavy atom. The molecule has 3 rings (SSSR count). The van der Waals surface area contributed by atoms with Crippen molar-refractivity contribution in [3.05, 3.63) is 71.3 Å². The monoisotopic (exact) mass is 474 g/mol. The second kappa shape index (κ2) is 11.3. The number of nitrogens with zero attached hydrogens (tertiary/aromatic N) is 1. The van der Waals surface area contributed by atoms with Gasteiger partial charge in [0.2, 0.25) is 0 Å². The summed E-state index contributed by atoms with van der Waals surface area (Å²) in [6, 6.07) is 11.0. The molecule has 0 aliphatic carbocycles. The van der Waals surface area contributed by atoms with Gasteiger partial charge in [-0.3, -0.25) is 19.8 Å². The van der Waals surface area contributed by atoms with E-state index in [9.17, 15) is 9.59 Å². The van der Waals surface area contributed by atoms with E-state index in [2.05, 4.69) is 17.8 Å². The number of amides is 2. The molecular weight excluding hydrogens is 448 g/mol. The number of carbonyl (C=O) groups is 2. The lowest BCUT2D eigenvalue weighted by atomic mass is 10.0. The molecule has 0 unspecified atom stereocenters. The van der Waals surface area contributed by atoms with Crippen LogP contribution in [0.25, 0.3) is 6.08 Å². The second-order valence-electron chi connectivity index (χ2n) is 7.40. The Balaban J connectivity index is 2.05. The molecule has 7 heteroatoms. The molecule has 2 aromatic rings. The summed E-state index contributed by atoms with van der Waals surface area (Å²) in [5.74, 6) is 2.36. The summed E-state index contributed by atoms with van der Waals surface area (Å²) in [5, 5.41) is 2.65. The summed E-state index contributed by atoms with van der Waals surface area (Å²) in [5.41, 5.74) is 3.04. The maximum absolute atomic E-state index is 13.4. The Kier molecular flexibility index (Phi) is 8.23. The molecule has 34 heavy (non-hydrogen) atoms. The third kappa shape index (κ3) is 5.36. The first-order chi connectivity index (χ1) is 16.4. The van der Waals surface area contributed by atoms with E-state index in [0.29, 0.717) is 35.8 Å². The van der Waals surface area contributed by atoms with Crippen molar-refractivity contribution in [3.63, 3.8) is 0 Å². The number of nitrogens with one attached hydrogen (secondary N) is 1. The van der Waals surface area contributed by atoms with Crippen LogP contribution < -0.4 is 19.7 Å². The fourth-order valence-electron chi connectivity index (χ4n) is 3.55. The van der Waals surface area contributed by atoms with Crippen molar-refractivity contribution in [2.24, 2.45) is 0 Å². The van der Waals surface area contributed by atoms with Gasteiger partial charge in [0, 0.05) is 5.56 Å². The largest absolute Gasteiger partial charge is 0.490 e. The van der Waals surface area contributed by atoms with Crippen molar-refractivity contribution >= 4 is 40.9 Å². The number of allylic oxidation sites excluding steroid dienone is 1. The van der Waals surface area contributed by atoms with Gasteiger partial charge in [-0.15, -0.1) is 13.0 Å². The summed E-state index contributed by atoms with van der Waals surface area (Å²) in [7, 11) is 0.